The van der Waals surface area contributed by atoms with E-state index in [1.54, 1.807) is 11.3 Å². The van der Waals surface area contributed by atoms with Gasteiger partial charge in [-0.05, 0) is 17.0 Å². The summed E-state index contributed by atoms with van der Waals surface area (Å²) in [6, 6.07) is 8.30. The van der Waals surface area contributed by atoms with E-state index >= 15 is 0 Å². The van der Waals surface area contributed by atoms with E-state index in [1.807, 2.05) is 12.1 Å². The van der Waals surface area contributed by atoms with Crippen molar-refractivity contribution in [1.82, 2.24) is 4.98 Å². The molecule has 0 saturated carbocycles. The first-order valence-corrected chi connectivity index (χ1v) is 7.10. The SMILES string of the molecule is CC(C)(C)Cc1nc(-c2cccc(CN)c2)cs1. The van der Waals surface area contributed by atoms with Crippen LogP contribution in [0, 0.1) is 5.41 Å². The predicted molar refractivity (Wildman–Crippen MR) is 78.6 cm³/mol. The van der Waals surface area contributed by atoms with E-state index in [0.29, 0.717) is 6.54 Å². The van der Waals surface area contributed by atoms with Crippen LogP contribution < -0.4 is 5.73 Å². The standard InChI is InChI=1S/C15H20N2S/c1-15(2,3)8-14-17-13(10-18-14)12-6-4-5-11(7-12)9-16/h4-7,10H,8-9,16H2,1-3H3. The van der Waals surface area contributed by atoms with Crippen LogP contribution in [0.25, 0.3) is 11.3 Å². The van der Waals surface area contributed by atoms with Crippen molar-refractivity contribution in [3.8, 4) is 11.3 Å². The minimum absolute atomic E-state index is 0.286. The number of nitrogens with two attached hydrogens (primary N) is 1. The summed E-state index contributed by atoms with van der Waals surface area (Å²) in [4.78, 5) is 4.72. The van der Waals surface area contributed by atoms with E-state index < -0.39 is 0 Å². The highest BCUT2D eigenvalue weighted by molar-refractivity contribution is 7.09. The highest BCUT2D eigenvalue weighted by atomic mass is 32.1. The maximum absolute atomic E-state index is 5.67. The zero-order valence-corrected chi connectivity index (χ0v) is 12.1. The van der Waals surface area contributed by atoms with Crippen LogP contribution in [0.5, 0.6) is 0 Å². The molecule has 0 bridgehead atoms. The van der Waals surface area contributed by atoms with E-state index in [-0.39, 0.29) is 5.41 Å². The summed E-state index contributed by atoms with van der Waals surface area (Å²) < 4.78 is 0. The van der Waals surface area contributed by atoms with Crippen LogP contribution in [0.2, 0.25) is 0 Å². The van der Waals surface area contributed by atoms with Gasteiger partial charge in [-0.3, -0.25) is 0 Å². The van der Waals surface area contributed by atoms with Crippen molar-refractivity contribution in [2.45, 2.75) is 33.7 Å². The van der Waals surface area contributed by atoms with Crippen LogP contribution in [-0.4, -0.2) is 4.98 Å². The Labute approximate surface area is 113 Å². The van der Waals surface area contributed by atoms with Gasteiger partial charge in [0.25, 0.3) is 0 Å². The van der Waals surface area contributed by atoms with Crippen LogP contribution in [0.1, 0.15) is 31.3 Å². The van der Waals surface area contributed by atoms with Crippen molar-refractivity contribution in [2.75, 3.05) is 0 Å². The Hall–Kier alpha value is -1.19. The lowest BCUT2D eigenvalue weighted by atomic mass is 9.93. The molecule has 0 radical (unpaired) electrons. The summed E-state index contributed by atoms with van der Waals surface area (Å²) >= 11 is 1.74. The third kappa shape index (κ3) is 3.40. The molecule has 0 aliphatic heterocycles. The van der Waals surface area contributed by atoms with Crippen molar-refractivity contribution in [3.05, 3.63) is 40.2 Å². The van der Waals surface area contributed by atoms with Crippen LogP contribution in [0.3, 0.4) is 0 Å². The summed E-state index contributed by atoms with van der Waals surface area (Å²) in [5.41, 5.74) is 9.33. The molecule has 96 valence electrons. The third-order valence-corrected chi connectivity index (χ3v) is 3.54. The Morgan fingerprint density at radius 1 is 1.28 bits per heavy atom. The Kier molecular flexibility index (Phi) is 3.83. The molecule has 1 heterocycles. The molecule has 0 aliphatic rings. The molecule has 0 unspecified atom stereocenters. The first kappa shape index (κ1) is 13.2. The van der Waals surface area contributed by atoms with E-state index in [9.17, 15) is 0 Å². The molecule has 2 N–H and O–H groups in total. The number of nitrogens with zero attached hydrogens (tertiary/aromatic N) is 1. The second kappa shape index (κ2) is 5.21. The van der Waals surface area contributed by atoms with Crippen molar-refractivity contribution in [3.63, 3.8) is 0 Å². The number of aromatic nitrogens is 1. The lowest BCUT2D eigenvalue weighted by Gasteiger charge is -2.15. The summed E-state index contributed by atoms with van der Waals surface area (Å²) in [7, 11) is 0. The molecule has 0 saturated heterocycles. The van der Waals surface area contributed by atoms with E-state index in [4.69, 9.17) is 10.7 Å². The molecule has 1 aromatic carbocycles. The fourth-order valence-corrected chi connectivity index (χ4v) is 2.94. The maximum Gasteiger partial charge on any atom is 0.0937 e. The molecule has 18 heavy (non-hydrogen) atoms. The average Bonchev–Trinajstić information content (AvgIpc) is 2.75. The lowest BCUT2D eigenvalue weighted by Crippen LogP contribution is -2.08. The second-order valence-electron chi connectivity index (χ2n) is 5.77. The zero-order valence-electron chi connectivity index (χ0n) is 11.2. The molecule has 1 aromatic heterocycles. The van der Waals surface area contributed by atoms with Crippen LogP contribution in [-0.2, 0) is 13.0 Å². The molecular formula is C15H20N2S. The normalized spacial score (nSPS) is 11.8. The Bertz CT molecular complexity index is 523. The average molecular weight is 260 g/mol. The fraction of sp³-hybridized carbons (Fsp3) is 0.400. The van der Waals surface area contributed by atoms with Crippen molar-refractivity contribution in [1.29, 1.82) is 0 Å². The van der Waals surface area contributed by atoms with Gasteiger partial charge in [-0.2, -0.15) is 0 Å². The van der Waals surface area contributed by atoms with Crippen molar-refractivity contribution < 1.29 is 0 Å². The number of hydrogen-bond donors (Lipinski definition) is 1. The fourth-order valence-electron chi connectivity index (χ4n) is 1.84. The van der Waals surface area contributed by atoms with Gasteiger partial charge in [0, 0.05) is 23.9 Å². The monoisotopic (exact) mass is 260 g/mol. The number of benzene rings is 1. The zero-order chi connectivity index (χ0) is 13.2. The molecule has 2 aromatic rings. The highest BCUT2D eigenvalue weighted by Crippen LogP contribution is 2.27. The van der Waals surface area contributed by atoms with Gasteiger partial charge < -0.3 is 5.73 Å². The van der Waals surface area contributed by atoms with E-state index in [2.05, 4.69) is 38.3 Å². The van der Waals surface area contributed by atoms with E-state index in [1.165, 1.54) is 5.01 Å². The summed E-state index contributed by atoms with van der Waals surface area (Å²) in [5.74, 6) is 0. The number of hydrogen-bond acceptors (Lipinski definition) is 3. The van der Waals surface area contributed by atoms with Crippen LogP contribution in [0.15, 0.2) is 29.6 Å². The summed E-state index contributed by atoms with van der Waals surface area (Å²) in [6.45, 7) is 7.29. The minimum atomic E-state index is 0.286. The summed E-state index contributed by atoms with van der Waals surface area (Å²) in [6.07, 6.45) is 1.02. The molecule has 0 spiro atoms. The molecule has 2 rings (SSSR count). The number of thiazole rings is 1. The van der Waals surface area contributed by atoms with Crippen LogP contribution in [0.4, 0.5) is 0 Å². The van der Waals surface area contributed by atoms with Gasteiger partial charge in [0.05, 0.1) is 10.7 Å². The molecule has 0 atom stereocenters. The summed E-state index contributed by atoms with van der Waals surface area (Å²) in [5, 5.41) is 3.34. The van der Waals surface area contributed by atoms with Gasteiger partial charge in [-0.15, -0.1) is 11.3 Å². The molecular weight excluding hydrogens is 240 g/mol. The Balaban J connectivity index is 2.23. The van der Waals surface area contributed by atoms with Gasteiger partial charge in [-0.25, -0.2) is 4.98 Å². The van der Waals surface area contributed by atoms with Crippen molar-refractivity contribution >= 4 is 11.3 Å². The molecule has 0 amide bonds. The van der Waals surface area contributed by atoms with Crippen molar-refractivity contribution in [2.24, 2.45) is 11.1 Å². The third-order valence-electron chi connectivity index (χ3n) is 2.69. The van der Waals surface area contributed by atoms with Gasteiger partial charge in [0.15, 0.2) is 0 Å². The topological polar surface area (TPSA) is 38.9 Å². The second-order valence-corrected chi connectivity index (χ2v) is 6.71. The first-order valence-electron chi connectivity index (χ1n) is 6.22. The Morgan fingerprint density at radius 2 is 2.06 bits per heavy atom. The quantitative estimate of drug-likeness (QED) is 0.910. The first-order chi connectivity index (χ1) is 8.48. The lowest BCUT2D eigenvalue weighted by molar-refractivity contribution is 0.410. The van der Waals surface area contributed by atoms with Gasteiger partial charge in [0.1, 0.15) is 0 Å². The van der Waals surface area contributed by atoms with Gasteiger partial charge in [-0.1, -0.05) is 39.0 Å². The highest BCUT2D eigenvalue weighted by Gasteiger charge is 2.14. The van der Waals surface area contributed by atoms with Gasteiger partial charge in [0.2, 0.25) is 0 Å². The smallest absolute Gasteiger partial charge is 0.0937 e. The van der Waals surface area contributed by atoms with Crippen LogP contribution >= 0.6 is 11.3 Å². The number of rotatable bonds is 3. The molecule has 0 aliphatic carbocycles. The minimum Gasteiger partial charge on any atom is -0.326 e. The molecule has 2 nitrogen and oxygen atoms in total. The largest absolute Gasteiger partial charge is 0.326 e. The van der Waals surface area contributed by atoms with E-state index in [0.717, 1.165) is 23.2 Å². The molecule has 0 fully saturated rings. The Morgan fingerprint density at radius 3 is 2.72 bits per heavy atom. The predicted octanol–water partition coefficient (Wildman–Crippen LogP) is 3.86. The maximum atomic E-state index is 5.67. The van der Waals surface area contributed by atoms with Gasteiger partial charge >= 0.3 is 0 Å². The molecule has 3 heteroatoms.